The first kappa shape index (κ1) is 9.86. The highest BCUT2D eigenvalue weighted by Gasteiger charge is 2.14. The van der Waals surface area contributed by atoms with Crippen molar-refractivity contribution in [2.75, 3.05) is 6.54 Å². The lowest BCUT2D eigenvalue weighted by atomic mass is 10.1. The summed E-state index contributed by atoms with van der Waals surface area (Å²) in [6, 6.07) is 4.32. The van der Waals surface area contributed by atoms with Gasteiger partial charge in [-0.3, -0.25) is 4.79 Å². The molecule has 2 rings (SSSR count). The van der Waals surface area contributed by atoms with Crippen LogP contribution in [-0.4, -0.2) is 17.3 Å². The van der Waals surface area contributed by atoms with Crippen LogP contribution in [0.3, 0.4) is 0 Å². The number of rotatable bonds is 2. The molecule has 0 saturated heterocycles. The van der Waals surface area contributed by atoms with Crippen LogP contribution in [0.4, 0.5) is 4.39 Å². The van der Waals surface area contributed by atoms with E-state index in [0.29, 0.717) is 10.9 Å². The van der Waals surface area contributed by atoms with Crippen molar-refractivity contribution in [1.82, 2.24) is 4.98 Å². The Labute approximate surface area is 86.1 Å². The third-order valence-electron chi connectivity index (χ3n) is 2.41. The van der Waals surface area contributed by atoms with Gasteiger partial charge in [0.2, 0.25) is 0 Å². The number of halogens is 1. The number of carbonyl (C=O) groups excluding carboxylic acids is 1. The van der Waals surface area contributed by atoms with Gasteiger partial charge in [-0.2, -0.15) is 0 Å². The summed E-state index contributed by atoms with van der Waals surface area (Å²) >= 11 is 0. The third kappa shape index (κ3) is 1.53. The number of aryl methyl sites for hydroxylation is 1. The molecule has 0 saturated carbocycles. The minimum absolute atomic E-state index is 0.0652. The van der Waals surface area contributed by atoms with Crippen molar-refractivity contribution in [3.05, 3.63) is 35.3 Å². The lowest BCUT2D eigenvalue weighted by Gasteiger charge is -1.97. The van der Waals surface area contributed by atoms with Gasteiger partial charge >= 0.3 is 0 Å². The first-order valence-electron chi connectivity index (χ1n) is 4.64. The standard InChI is InChI=1S/C11H11FN2O/c1-6-11(10(15)5-13)8-4-7(12)2-3-9(8)14-6/h2-4,14H,5,13H2,1H3. The second-order valence-electron chi connectivity index (χ2n) is 3.44. The van der Waals surface area contributed by atoms with E-state index < -0.39 is 0 Å². The summed E-state index contributed by atoms with van der Waals surface area (Å²) in [4.78, 5) is 14.6. The zero-order valence-electron chi connectivity index (χ0n) is 8.30. The summed E-state index contributed by atoms with van der Waals surface area (Å²) in [5.41, 5.74) is 7.28. The summed E-state index contributed by atoms with van der Waals surface area (Å²) in [6.07, 6.45) is 0. The number of ketones is 1. The average Bonchev–Trinajstić information content (AvgIpc) is 2.52. The number of nitrogens with two attached hydrogens (primary N) is 1. The van der Waals surface area contributed by atoms with Crippen molar-refractivity contribution in [3.63, 3.8) is 0 Å². The maximum absolute atomic E-state index is 13.0. The van der Waals surface area contributed by atoms with Gasteiger partial charge in [-0.05, 0) is 25.1 Å². The highest BCUT2D eigenvalue weighted by atomic mass is 19.1. The van der Waals surface area contributed by atoms with Gasteiger partial charge in [0.1, 0.15) is 5.82 Å². The molecule has 0 spiro atoms. The second-order valence-corrected chi connectivity index (χ2v) is 3.44. The van der Waals surface area contributed by atoms with Gasteiger partial charge in [0, 0.05) is 22.2 Å². The van der Waals surface area contributed by atoms with Crippen molar-refractivity contribution < 1.29 is 9.18 Å². The van der Waals surface area contributed by atoms with Crippen LogP contribution >= 0.6 is 0 Å². The van der Waals surface area contributed by atoms with E-state index in [-0.39, 0.29) is 18.1 Å². The quantitative estimate of drug-likeness (QED) is 0.735. The second kappa shape index (κ2) is 3.47. The number of aromatic nitrogens is 1. The topological polar surface area (TPSA) is 58.9 Å². The number of carbonyl (C=O) groups is 1. The molecule has 15 heavy (non-hydrogen) atoms. The van der Waals surface area contributed by atoms with E-state index in [1.54, 1.807) is 13.0 Å². The predicted molar refractivity (Wildman–Crippen MR) is 56.4 cm³/mol. The number of H-pyrrole nitrogens is 1. The fraction of sp³-hybridized carbons (Fsp3) is 0.182. The normalized spacial score (nSPS) is 10.9. The smallest absolute Gasteiger partial charge is 0.178 e. The maximum Gasteiger partial charge on any atom is 0.178 e. The summed E-state index contributed by atoms with van der Waals surface area (Å²) in [5, 5.41) is 0.600. The summed E-state index contributed by atoms with van der Waals surface area (Å²) in [5.74, 6) is -0.531. The van der Waals surface area contributed by atoms with Crippen molar-refractivity contribution >= 4 is 16.7 Å². The molecule has 0 fully saturated rings. The molecule has 0 aliphatic rings. The van der Waals surface area contributed by atoms with Crippen LogP contribution in [0.2, 0.25) is 0 Å². The molecule has 0 unspecified atom stereocenters. The van der Waals surface area contributed by atoms with Crippen molar-refractivity contribution in [2.24, 2.45) is 5.73 Å². The molecule has 78 valence electrons. The van der Waals surface area contributed by atoms with E-state index in [1.807, 2.05) is 0 Å². The Morgan fingerprint density at radius 1 is 1.53 bits per heavy atom. The van der Waals surface area contributed by atoms with Gasteiger partial charge in [0.05, 0.1) is 6.54 Å². The molecule has 0 aliphatic heterocycles. The first-order chi connectivity index (χ1) is 7.13. The number of fused-ring (bicyclic) bond motifs is 1. The van der Waals surface area contributed by atoms with Gasteiger partial charge < -0.3 is 10.7 Å². The minimum Gasteiger partial charge on any atom is -0.358 e. The maximum atomic E-state index is 13.0. The fourth-order valence-electron chi connectivity index (χ4n) is 1.76. The number of nitrogens with one attached hydrogen (secondary N) is 1. The number of benzene rings is 1. The van der Waals surface area contributed by atoms with Crippen LogP contribution in [0.5, 0.6) is 0 Å². The highest BCUT2D eigenvalue weighted by molar-refractivity contribution is 6.10. The number of hydrogen-bond acceptors (Lipinski definition) is 2. The molecular weight excluding hydrogens is 195 g/mol. The molecule has 0 atom stereocenters. The highest BCUT2D eigenvalue weighted by Crippen LogP contribution is 2.23. The lowest BCUT2D eigenvalue weighted by Crippen LogP contribution is -2.14. The number of aromatic amines is 1. The molecule has 0 bridgehead atoms. The van der Waals surface area contributed by atoms with Crippen LogP contribution in [-0.2, 0) is 0 Å². The van der Waals surface area contributed by atoms with E-state index in [4.69, 9.17) is 5.73 Å². The number of Topliss-reactive ketones (excluding diaryl/α,β-unsaturated/α-hetero) is 1. The molecule has 0 radical (unpaired) electrons. The third-order valence-corrected chi connectivity index (χ3v) is 2.41. The summed E-state index contributed by atoms with van der Waals surface area (Å²) < 4.78 is 13.0. The molecule has 1 aromatic carbocycles. The SMILES string of the molecule is Cc1[nH]c2ccc(F)cc2c1C(=O)CN. The zero-order valence-corrected chi connectivity index (χ0v) is 8.30. The Bertz CT molecular complexity index is 531. The Balaban J connectivity index is 2.76. The van der Waals surface area contributed by atoms with Crippen molar-refractivity contribution in [1.29, 1.82) is 0 Å². The van der Waals surface area contributed by atoms with Crippen molar-refractivity contribution in [3.8, 4) is 0 Å². The summed E-state index contributed by atoms with van der Waals surface area (Å²) in [7, 11) is 0. The van der Waals surface area contributed by atoms with Crippen LogP contribution < -0.4 is 5.73 Å². The van der Waals surface area contributed by atoms with Crippen LogP contribution in [0, 0.1) is 12.7 Å². The van der Waals surface area contributed by atoms with E-state index in [2.05, 4.69) is 4.98 Å². The molecule has 3 N–H and O–H groups in total. The van der Waals surface area contributed by atoms with Crippen LogP contribution in [0.15, 0.2) is 18.2 Å². The largest absolute Gasteiger partial charge is 0.358 e. The molecule has 4 heteroatoms. The Kier molecular flexibility index (Phi) is 2.28. The van der Waals surface area contributed by atoms with Gasteiger partial charge in [-0.25, -0.2) is 4.39 Å². The van der Waals surface area contributed by atoms with E-state index >= 15 is 0 Å². The van der Waals surface area contributed by atoms with Crippen LogP contribution in [0.1, 0.15) is 16.1 Å². The molecule has 1 aromatic heterocycles. The fourth-order valence-corrected chi connectivity index (χ4v) is 1.76. The molecular formula is C11H11FN2O. The van der Waals surface area contributed by atoms with Gasteiger partial charge in [-0.15, -0.1) is 0 Å². The Morgan fingerprint density at radius 3 is 2.93 bits per heavy atom. The van der Waals surface area contributed by atoms with E-state index in [0.717, 1.165) is 11.2 Å². The predicted octanol–water partition coefficient (Wildman–Crippen LogP) is 1.76. The molecule has 1 heterocycles. The number of hydrogen-bond donors (Lipinski definition) is 2. The minimum atomic E-state index is -0.354. The van der Waals surface area contributed by atoms with Gasteiger partial charge in [0.15, 0.2) is 5.78 Å². The van der Waals surface area contributed by atoms with Crippen molar-refractivity contribution in [2.45, 2.75) is 6.92 Å². The molecule has 3 nitrogen and oxygen atoms in total. The first-order valence-corrected chi connectivity index (χ1v) is 4.64. The monoisotopic (exact) mass is 206 g/mol. The Morgan fingerprint density at radius 2 is 2.27 bits per heavy atom. The van der Waals surface area contributed by atoms with Gasteiger partial charge in [-0.1, -0.05) is 0 Å². The molecule has 0 aliphatic carbocycles. The van der Waals surface area contributed by atoms with Gasteiger partial charge in [0.25, 0.3) is 0 Å². The average molecular weight is 206 g/mol. The van der Waals surface area contributed by atoms with Crippen LogP contribution in [0.25, 0.3) is 10.9 Å². The van der Waals surface area contributed by atoms with E-state index in [9.17, 15) is 9.18 Å². The molecule has 0 amide bonds. The van der Waals surface area contributed by atoms with E-state index in [1.165, 1.54) is 12.1 Å². The lowest BCUT2D eigenvalue weighted by molar-refractivity contribution is 0.100. The molecule has 2 aromatic rings. The Hall–Kier alpha value is -1.68. The zero-order chi connectivity index (χ0) is 11.0. The summed E-state index contributed by atoms with van der Waals surface area (Å²) in [6.45, 7) is 1.71.